The number of piperidine rings is 1. The molecule has 3 heterocycles. The first kappa shape index (κ1) is 14.9. The highest BCUT2D eigenvalue weighted by atomic mass is 15.2. The second kappa shape index (κ2) is 7.31. The van der Waals surface area contributed by atoms with E-state index in [4.69, 9.17) is 0 Å². The van der Waals surface area contributed by atoms with Crippen molar-refractivity contribution in [1.82, 2.24) is 19.9 Å². The number of hydrogen-bond acceptors (Lipinski definition) is 5. The second-order valence-electron chi connectivity index (χ2n) is 5.86. The van der Waals surface area contributed by atoms with Crippen LogP contribution in [0.2, 0.25) is 0 Å². The van der Waals surface area contributed by atoms with Crippen LogP contribution in [0, 0.1) is 6.92 Å². The Bertz CT molecular complexity index is 563. The van der Waals surface area contributed by atoms with Crippen molar-refractivity contribution < 1.29 is 0 Å². The number of anilines is 1. The predicted molar refractivity (Wildman–Crippen MR) is 87.7 cm³/mol. The molecule has 0 saturated carbocycles. The third-order valence-corrected chi connectivity index (χ3v) is 4.14. The minimum atomic E-state index is 0.318. The zero-order chi connectivity index (χ0) is 15.2. The first-order valence-electron chi connectivity index (χ1n) is 7.99. The normalized spacial score (nSPS) is 17.1. The molecule has 2 aromatic rings. The van der Waals surface area contributed by atoms with E-state index < -0.39 is 0 Å². The van der Waals surface area contributed by atoms with Crippen LogP contribution in [0.4, 0.5) is 5.95 Å². The summed E-state index contributed by atoms with van der Waals surface area (Å²) in [7, 11) is 0. The fraction of sp³-hybridized carbons (Fsp3) is 0.471. The number of likely N-dealkylation sites (tertiary alicyclic amines) is 1. The van der Waals surface area contributed by atoms with E-state index in [9.17, 15) is 0 Å². The molecule has 5 nitrogen and oxygen atoms in total. The Labute approximate surface area is 131 Å². The molecule has 116 valence electrons. The van der Waals surface area contributed by atoms with Crippen LogP contribution in [0.15, 0.2) is 36.9 Å². The van der Waals surface area contributed by atoms with Gasteiger partial charge in [-0.15, -0.1) is 0 Å². The van der Waals surface area contributed by atoms with Gasteiger partial charge in [-0.05, 0) is 50.0 Å². The molecule has 0 spiro atoms. The molecule has 1 saturated heterocycles. The summed E-state index contributed by atoms with van der Waals surface area (Å²) in [5.41, 5.74) is 2.33. The van der Waals surface area contributed by atoms with Crippen molar-refractivity contribution in [2.24, 2.45) is 0 Å². The van der Waals surface area contributed by atoms with Gasteiger partial charge in [0.15, 0.2) is 0 Å². The predicted octanol–water partition coefficient (Wildman–Crippen LogP) is 2.82. The van der Waals surface area contributed by atoms with E-state index in [-0.39, 0.29) is 0 Å². The number of aromatic nitrogens is 3. The van der Waals surface area contributed by atoms with Crippen LogP contribution in [-0.4, -0.2) is 39.5 Å². The summed E-state index contributed by atoms with van der Waals surface area (Å²) >= 11 is 0. The van der Waals surface area contributed by atoms with Crippen LogP contribution in [-0.2, 0) is 0 Å². The first-order chi connectivity index (χ1) is 10.8. The SMILES string of the molecule is Cc1cnc(NC[C@@H](c2cccnc2)N2CCCCC2)nc1. The summed E-state index contributed by atoms with van der Waals surface area (Å²) in [4.78, 5) is 15.5. The van der Waals surface area contributed by atoms with Gasteiger partial charge in [-0.2, -0.15) is 0 Å². The molecule has 3 rings (SSSR count). The molecular formula is C17H23N5. The summed E-state index contributed by atoms with van der Waals surface area (Å²) < 4.78 is 0. The molecule has 0 bridgehead atoms. The Hall–Kier alpha value is -2.01. The van der Waals surface area contributed by atoms with Crippen molar-refractivity contribution in [2.75, 3.05) is 25.0 Å². The second-order valence-corrected chi connectivity index (χ2v) is 5.86. The molecule has 1 aliphatic rings. The highest BCUT2D eigenvalue weighted by molar-refractivity contribution is 5.26. The lowest BCUT2D eigenvalue weighted by molar-refractivity contribution is 0.170. The Morgan fingerprint density at radius 2 is 1.91 bits per heavy atom. The van der Waals surface area contributed by atoms with Gasteiger partial charge in [-0.1, -0.05) is 12.5 Å². The van der Waals surface area contributed by atoms with E-state index in [2.05, 4.69) is 31.2 Å². The van der Waals surface area contributed by atoms with E-state index in [1.54, 1.807) is 0 Å². The number of pyridine rings is 1. The number of hydrogen-bond donors (Lipinski definition) is 1. The lowest BCUT2D eigenvalue weighted by Gasteiger charge is -2.34. The molecule has 1 aliphatic heterocycles. The zero-order valence-electron chi connectivity index (χ0n) is 13.1. The van der Waals surface area contributed by atoms with Gasteiger partial charge in [-0.3, -0.25) is 9.88 Å². The maximum atomic E-state index is 4.33. The minimum absolute atomic E-state index is 0.318. The maximum Gasteiger partial charge on any atom is 0.222 e. The molecule has 1 atom stereocenters. The number of rotatable bonds is 5. The average molecular weight is 297 g/mol. The van der Waals surface area contributed by atoms with Crippen molar-refractivity contribution in [2.45, 2.75) is 32.2 Å². The van der Waals surface area contributed by atoms with Gasteiger partial charge in [0, 0.05) is 31.3 Å². The Kier molecular flexibility index (Phi) is 4.96. The van der Waals surface area contributed by atoms with Gasteiger partial charge in [0.2, 0.25) is 5.95 Å². The zero-order valence-corrected chi connectivity index (χ0v) is 13.1. The number of aryl methyl sites for hydroxylation is 1. The standard InChI is InChI=1S/C17H23N5/c1-14-10-19-17(20-11-14)21-13-16(15-6-5-7-18-12-15)22-8-3-2-4-9-22/h5-7,10-12,16H,2-4,8-9,13H2,1H3,(H,19,20,21)/t16-/m0/s1. The Morgan fingerprint density at radius 1 is 1.14 bits per heavy atom. The van der Waals surface area contributed by atoms with Gasteiger partial charge < -0.3 is 5.32 Å². The third-order valence-electron chi connectivity index (χ3n) is 4.14. The first-order valence-corrected chi connectivity index (χ1v) is 7.99. The van der Waals surface area contributed by atoms with Crippen LogP contribution in [0.3, 0.4) is 0 Å². The van der Waals surface area contributed by atoms with Crippen LogP contribution < -0.4 is 5.32 Å². The van der Waals surface area contributed by atoms with Gasteiger partial charge in [0.25, 0.3) is 0 Å². The van der Waals surface area contributed by atoms with Crippen LogP contribution in [0.5, 0.6) is 0 Å². The van der Waals surface area contributed by atoms with Crippen LogP contribution in [0.25, 0.3) is 0 Å². The molecule has 0 aliphatic carbocycles. The van der Waals surface area contributed by atoms with E-state index in [1.807, 2.05) is 37.8 Å². The largest absolute Gasteiger partial charge is 0.352 e. The van der Waals surface area contributed by atoms with Crippen molar-refractivity contribution in [3.05, 3.63) is 48.0 Å². The summed E-state index contributed by atoms with van der Waals surface area (Å²) in [6, 6.07) is 4.48. The van der Waals surface area contributed by atoms with Crippen LogP contribution in [0.1, 0.15) is 36.4 Å². The summed E-state index contributed by atoms with van der Waals surface area (Å²) in [5, 5.41) is 3.38. The van der Waals surface area contributed by atoms with Gasteiger partial charge in [0.1, 0.15) is 0 Å². The van der Waals surface area contributed by atoms with Crippen molar-refractivity contribution in [1.29, 1.82) is 0 Å². The topological polar surface area (TPSA) is 53.9 Å². The van der Waals surface area contributed by atoms with E-state index in [1.165, 1.54) is 24.8 Å². The maximum absolute atomic E-state index is 4.33. The minimum Gasteiger partial charge on any atom is -0.352 e. The molecule has 0 aromatic carbocycles. The van der Waals surface area contributed by atoms with Gasteiger partial charge in [0.05, 0.1) is 6.04 Å². The summed E-state index contributed by atoms with van der Waals surface area (Å²) in [6.45, 7) is 5.09. The average Bonchev–Trinajstić information content (AvgIpc) is 2.59. The quantitative estimate of drug-likeness (QED) is 0.919. The van der Waals surface area contributed by atoms with E-state index in [0.29, 0.717) is 12.0 Å². The van der Waals surface area contributed by atoms with Gasteiger partial charge >= 0.3 is 0 Å². The molecule has 0 unspecified atom stereocenters. The lowest BCUT2D eigenvalue weighted by Crippen LogP contribution is -2.37. The van der Waals surface area contributed by atoms with E-state index in [0.717, 1.165) is 25.2 Å². The molecule has 5 heteroatoms. The highest BCUT2D eigenvalue weighted by Crippen LogP contribution is 2.24. The Balaban J connectivity index is 1.72. The molecular weight excluding hydrogens is 274 g/mol. The smallest absolute Gasteiger partial charge is 0.222 e. The highest BCUT2D eigenvalue weighted by Gasteiger charge is 2.22. The number of nitrogens with one attached hydrogen (secondary N) is 1. The monoisotopic (exact) mass is 297 g/mol. The van der Waals surface area contributed by atoms with Gasteiger partial charge in [-0.25, -0.2) is 9.97 Å². The molecule has 0 radical (unpaired) electrons. The summed E-state index contributed by atoms with van der Waals surface area (Å²) in [5.74, 6) is 0.691. The fourth-order valence-corrected chi connectivity index (χ4v) is 2.93. The van der Waals surface area contributed by atoms with Crippen LogP contribution >= 0.6 is 0 Å². The molecule has 0 amide bonds. The van der Waals surface area contributed by atoms with Crippen molar-refractivity contribution in [3.8, 4) is 0 Å². The molecule has 1 N–H and O–H groups in total. The molecule has 1 fully saturated rings. The third kappa shape index (κ3) is 3.80. The number of nitrogens with zero attached hydrogens (tertiary/aromatic N) is 4. The fourth-order valence-electron chi connectivity index (χ4n) is 2.93. The molecule has 22 heavy (non-hydrogen) atoms. The van der Waals surface area contributed by atoms with Crippen molar-refractivity contribution in [3.63, 3.8) is 0 Å². The lowest BCUT2D eigenvalue weighted by atomic mass is 10.0. The molecule has 2 aromatic heterocycles. The Morgan fingerprint density at radius 3 is 2.59 bits per heavy atom. The summed E-state index contributed by atoms with van der Waals surface area (Å²) in [6.07, 6.45) is 11.4. The van der Waals surface area contributed by atoms with E-state index >= 15 is 0 Å². The van der Waals surface area contributed by atoms with Crippen molar-refractivity contribution >= 4 is 5.95 Å².